The lowest BCUT2D eigenvalue weighted by Crippen LogP contribution is -2.24. The van der Waals surface area contributed by atoms with E-state index in [2.05, 4.69) is 27.4 Å². The fourth-order valence-electron chi connectivity index (χ4n) is 2.14. The molecule has 0 aliphatic heterocycles. The Morgan fingerprint density at radius 3 is 2.79 bits per heavy atom. The molecule has 1 aromatic carbocycles. The molecule has 6 nitrogen and oxygen atoms in total. The Kier molecular flexibility index (Phi) is 5.66. The van der Waals surface area contributed by atoms with Crippen LogP contribution in [0.5, 0.6) is 0 Å². The number of hydrogen-bond donors (Lipinski definition) is 1. The minimum atomic E-state index is 0.328. The molecule has 1 N–H and O–H groups in total. The lowest BCUT2D eigenvalue weighted by atomic mass is 10.2. The third-order valence-corrected chi connectivity index (χ3v) is 4.49. The van der Waals surface area contributed by atoms with E-state index in [0.29, 0.717) is 23.6 Å². The van der Waals surface area contributed by atoms with Crippen LogP contribution in [0.15, 0.2) is 45.5 Å². The van der Waals surface area contributed by atoms with Gasteiger partial charge < -0.3 is 14.3 Å². The average Bonchev–Trinajstić information content (AvgIpc) is 3.25. The highest BCUT2D eigenvalue weighted by atomic mass is 32.2. The topological polar surface area (TPSA) is 77.0 Å². The number of rotatable bonds is 8. The largest absolute Gasteiger partial charge is 0.444 e. The van der Waals surface area contributed by atoms with Crippen LogP contribution in [0.1, 0.15) is 24.3 Å². The molecule has 126 valence electrons. The number of oxazole rings is 1. The van der Waals surface area contributed by atoms with Crippen molar-refractivity contribution in [3.8, 4) is 11.5 Å². The Hall–Kier alpha value is -2.12. The standard InChI is InChI=1S/C17H20N4O2S/c1-12(18-2)8-15-20-16(23-21-15)11-24-10-14-9-22-17(19-14)13-6-4-3-5-7-13/h3-7,9,12,18H,8,10-11H2,1-2H3. The third-order valence-electron chi connectivity index (χ3n) is 3.54. The first kappa shape index (κ1) is 16.7. The van der Waals surface area contributed by atoms with Crippen molar-refractivity contribution in [1.29, 1.82) is 0 Å². The lowest BCUT2D eigenvalue weighted by Gasteiger charge is -2.04. The number of hydrogen-bond acceptors (Lipinski definition) is 7. The molecule has 0 bridgehead atoms. The first-order valence-corrected chi connectivity index (χ1v) is 8.96. The van der Waals surface area contributed by atoms with Gasteiger partial charge in [0.2, 0.25) is 11.8 Å². The summed E-state index contributed by atoms with van der Waals surface area (Å²) in [4.78, 5) is 8.90. The van der Waals surface area contributed by atoms with E-state index in [-0.39, 0.29) is 0 Å². The zero-order chi connectivity index (χ0) is 16.8. The van der Waals surface area contributed by atoms with Crippen LogP contribution in [0.2, 0.25) is 0 Å². The Morgan fingerprint density at radius 2 is 2.00 bits per heavy atom. The summed E-state index contributed by atoms with van der Waals surface area (Å²) >= 11 is 1.67. The van der Waals surface area contributed by atoms with Crippen molar-refractivity contribution in [1.82, 2.24) is 20.4 Å². The van der Waals surface area contributed by atoms with Crippen LogP contribution in [0.25, 0.3) is 11.5 Å². The van der Waals surface area contributed by atoms with Crippen molar-refractivity contribution >= 4 is 11.8 Å². The Labute approximate surface area is 145 Å². The molecule has 0 aliphatic carbocycles. The van der Waals surface area contributed by atoms with E-state index in [9.17, 15) is 0 Å². The SMILES string of the molecule is CNC(C)Cc1noc(CSCc2coc(-c3ccccc3)n2)n1. The van der Waals surface area contributed by atoms with Gasteiger partial charge in [-0.2, -0.15) is 4.98 Å². The Bertz CT molecular complexity index is 757. The molecule has 7 heteroatoms. The van der Waals surface area contributed by atoms with Crippen molar-refractivity contribution in [2.75, 3.05) is 7.05 Å². The summed E-state index contributed by atoms with van der Waals surface area (Å²) < 4.78 is 10.8. The van der Waals surface area contributed by atoms with Crippen LogP contribution >= 0.6 is 11.8 Å². The van der Waals surface area contributed by atoms with Gasteiger partial charge in [0.1, 0.15) is 6.26 Å². The molecule has 3 aromatic rings. The highest BCUT2D eigenvalue weighted by Crippen LogP contribution is 2.21. The first-order valence-electron chi connectivity index (χ1n) is 7.81. The lowest BCUT2D eigenvalue weighted by molar-refractivity contribution is 0.382. The summed E-state index contributed by atoms with van der Waals surface area (Å²) in [6.45, 7) is 2.08. The second kappa shape index (κ2) is 8.12. The normalized spacial score (nSPS) is 12.4. The molecule has 0 amide bonds. The van der Waals surface area contributed by atoms with Gasteiger partial charge in [0.05, 0.1) is 11.4 Å². The summed E-state index contributed by atoms with van der Waals surface area (Å²) in [5.41, 5.74) is 1.89. The van der Waals surface area contributed by atoms with E-state index < -0.39 is 0 Å². The van der Waals surface area contributed by atoms with Crippen LogP contribution in [0.3, 0.4) is 0 Å². The molecule has 24 heavy (non-hydrogen) atoms. The van der Waals surface area contributed by atoms with Crippen molar-refractivity contribution in [2.24, 2.45) is 0 Å². The van der Waals surface area contributed by atoms with Crippen molar-refractivity contribution in [3.63, 3.8) is 0 Å². The van der Waals surface area contributed by atoms with E-state index in [0.717, 1.165) is 29.3 Å². The molecule has 0 fully saturated rings. The molecule has 3 rings (SSSR count). The average molecular weight is 344 g/mol. The predicted octanol–water partition coefficient (Wildman–Crippen LogP) is 3.31. The monoisotopic (exact) mass is 344 g/mol. The van der Waals surface area contributed by atoms with Gasteiger partial charge in [0.15, 0.2) is 5.82 Å². The van der Waals surface area contributed by atoms with Crippen LogP contribution in [0, 0.1) is 0 Å². The van der Waals surface area contributed by atoms with Crippen LogP contribution in [0.4, 0.5) is 0 Å². The summed E-state index contributed by atoms with van der Waals surface area (Å²) in [5, 5.41) is 7.16. The maximum absolute atomic E-state index is 5.53. The predicted molar refractivity (Wildman–Crippen MR) is 93.5 cm³/mol. The minimum absolute atomic E-state index is 0.328. The molecule has 2 heterocycles. The molecule has 0 saturated heterocycles. The quantitative estimate of drug-likeness (QED) is 0.672. The number of likely N-dealkylation sites (N-methyl/N-ethyl adjacent to an activating group) is 1. The molecule has 0 saturated carbocycles. The van der Waals surface area contributed by atoms with Gasteiger partial charge in [-0.25, -0.2) is 4.98 Å². The minimum Gasteiger partial charge on any atom is -0.444 e. The van der Waals surface area contributed by atoms with Crippen molar-refractivity contribution in [2.45, 2.75) is 30.9 Å². The van der Waals surface area contributed by atoms with Crippen LogP contribution in [-0.2, 0) is 17.9 Å². The Morgan fingerprint density at radius 1 is 1.17 bits per heavy atom. The third kappa shape index (κ3) is 4.46. The number of benzene rings is 1. The van der Waals surface area contributed by atoms with E-state index >= 15 is 0 Å². The van der Waals surface area contributed by atoms with Gasteiger partial charge in [-0.05, 0) is 26.1 Å². The molecule has 0 radical (unpaired) electrons. The molecule has 0 aliphatic rings. The second-order valence-corrected chi connectivity index (χ2v) is 6.49. The summed E-state index contributed by atoms with van der Waals surface area (Å²) in [6.07, 6.45) is 2.46. The number of nitrogens with zero attached hydrogens (tertiary/aromatic N) is 3. The summed E-state index contributed by atoms with van der Waals surface area (Å²) in [6, 6.07) is 10.2. The van der Waals surface area contributed by atoms with E-state index in [1.54, 1.807) is 18.0 Å². The van der Waals surface area contributed by atoms with Gasteiger partial charge in [0.25, 0.3) is 0 Å². The van der Waals surface area contributed by atoms with Gasteiger partial charge in [0, 0.05) is 23.8 Å². The first-order chi connectivity index (χ1) is 11.7. The fraction of sp³-hybridized carbons (Fsp3) is 0.353. The Balaban J connectivity index is 1.49. The van der Waals surface area contributed by atoms with Gasteiger partial charge in [-0.15, -0.1) is 11.8 Å². The van der Waals surface area contributed by atoms with Gasteiger partial charge >= 0.3 is 0 Å². The van der Waals surface area contributed by atoms with Crippen LogP contribution in [-0.4, -0.2) is 28.2 Å². The second-order valence-electron chi connectivity index (χ2n) is 5.50. The molecule has 1 unspecified atom stereocenters. The van der Waals surface area contributed by atoms with E-state index in [1.807, 2.05) is 37.4 Å². The zero-order valence-corrected chi connectivity index (χ0v) is 14.5. The fourth-order valence-corrected chi connectivity index (χ4v) is 2.87. The molecule has 1 atom stereocenters. The summed E-state index contributed by atoms with van der Waals surface area (Å²) in [5.74, 6) is 3.42. The maximum Gasteiger partial charge on any atom is 0.236 e. The van der Waals surface area contributed by atoms with Gasteiger partial charge in [-0.3, -0.25) is 0 Å². The maximum atomic E-state index is 5.53. The highest BCUT2D eigenvalue weighted by Gasteiger charge is 2.11. The van der Waals surface area contributed by atoms with Crippen LogP contribution < -0.4 is 5.32 Å². The van der Waals surface area contributed by atoms with E-state index in [1.165, 1.54) is 0 Å². The smallest absolute Gasteiger partial charge is 0.236 e. The highest BCUT2D eigenvalue weighted by molar-refractivity contribution is 7.97. The van der Waals surface area contributed by atoms with Crippen molar-refractivity contribution < 1.29 is 8.94 Å². The summed E-state index contributed by atoms with van der Waals surface area (Å²) in [7, 11) is 1.92. The molecule has 0 spiro atoms. The van der Waals surface area contributed by atoms with E-state index in [4.69, 9.17) is 8.94 Å². The van der Waals surface area contributed by atoms with Gasteiger partial charge in [-0.1, -0.05) is 23.4 Å². The number of thioether (sulfide) groups is 1. The molecular formula is C17H20N4O2S. The van der Waals surface area contributed by atoms with Crippen molar-refractivity contribution in [3.05, 3.63) is 54.0 Å². The number of nitrogens with one attached hydrogen (secondary N) is 1. The molecule has 2 aromatic heterocycles. The zero-order valence-electron chi connectivity index (χ0n) is 13.7. The number of aromatic nitrogens is 3. The molecular weight excluding hydrogens is 324 g/mol.